The molecular weight excluding hydrogens is 564 g/mol. The Hall–Kier alpha value is -3.86. The molecule has 0 aliphatic carbocycles. The maximum Gasteiger partial charge on any atom is 0.120 e. The predicted molar refractivity (Wildman–Crippen MR) is 170 cm³/mol. The fraction of sp³-hybridized carbons (Fsp3) is 0.294. The molecule has 2 aromatic heterocycles. The number of hydrogen-bond acceptors (Lipinski definition) is 9. The van der Waals surface area contributed by atoms with E-state index >= 15 is 0 Å². The smallest absolute Gasteiger partial charge is 0.120 e. The molecule has 0 saturated carbocycles. The van der Waals surface area contributed by atoms with Crippen molar-refractivity contribution in [2.75, 3.05) is 67.1 Å². The SMILES string of the molecule is COCCOCCOc1cccc(-c2nc3cccc(-c4cccs4)c3nc2-c2cccc(OCCOCCOC)c2)c1. The average molecular weight is 601 g/mol. The van der Waals surface area contributed by atoms with Gasteiger partial charge >= 0.3 is 0 Å². The summed E-state index contributed by atoms with van der Waals surface area (Å²) in [4.78, 5) is 11.6. The lowest BCUT2D eigenvalue weighted by atomic mass is 10.0. The van der Waals surface area contributed by atoms with Crippen LogP contribution in [0.5, 0.6) is 11.5 Å². The number of fused-ring (bicyclic) bond motifs is 1. The average Bonchev–Trinajstić information content (AvgIpc) is 3.59. The summed E-state index contributed by atoms with van der Waals surface area (Å²) < 4.78 is 33.2. The maximum absolute atomic E-state index is 6.01. The lowest BCUT2D eigenvalue weighted by Crippen LogP contribution is -2.10. The van der Waals surface area contributed by atoms with Crippen LogP contribution in [-0.2, 0) is 18.9 Å². The van der Waals surface area contributed by atoms with E-state index in [1.807, 2.05) is 60.7 Å². The van der Waals surface area contributed by atoms with E-state index in [4.69, 9.17) is 38.4 Å². The first kappa shape index (κ1) is 30.6. The Morgan fingerprint density at radius 3 is 1.74 bits per heavy atom. The van der Waals surface area contributed by atoms with Gasteiger partial charge in [-0.25, -0.2) is 9.97 Å². The first-order valence-electron chi connectivity index (χ1n) is 14.2. The van der Waals surface area contributed by atoms with Crippen molar-refractivity contribution in [1.29, 1.82) is 0 Å². The summed E-state index contributed by atoms with van der Waals surface area (Å²) in [7, 11) is 3.31. The molecule has 0 atom stereocenters. The van der Waals surface area contributed by atoms with Crippen molar-refractivity contribution in [3.8, 4) is 44.5 Å². The van der Waals surface area contributed by atoms with Gasteiger partial charge in [0.1, 0.15) is 24.7 Å². The van der Waals surface area contributed by atoms with Crippen molar-refractivity contribution in [2.45, 2.75) is 0 Å². The number of benzene rings is 3. The van der Waals surface area contributed by atoms with Crippen molar-refractivity contribution in [1.82, 2.24) is 9.97 Å². The number of para-hydroxylation sites is 1. The fourth-order valence-electron chi connectivity index (χ4n) is 4.50. The highest BCUT2D eigenvalue weighted by atomic mass is 32.1. The summed E-state index contributed by atoms with van der Waals surface area (Å²) in [5.41, 5.74) is 6.06. The van der Waals surface area contributed by atoms with E-state index in [0.717, 1.165) is 55.5 Å². The van der Waals surface area contributed by atoms with Crippen LogP contribution in [0.1, 0.15) is 0 Å². The summed E-state index contributed by atoms with van der Waals surface area (Å²) in [6.07, 6.45) is 0. The van der Waals surface area contributed by atoms with Gasteiger partial charge in [0, 0.05) is 35.8 Å². The number of aromatic nitrogens is 2. The monoisotopic (exact) mass is 600 g/mol. The first-order valence-corrected chi connectivity index (χ1v) is 15.1. The van der Waals surface area contributed by atoms with Gasteiger partial charge in [-0.2, -0.15) is 0 Å². The molecule has 5 aromatic rings. The molecular formula is C34H36N2O6S. The van der Waals surface area contributed by atoms with Crippen LogP contribution < -0.4 is 9.47 Å². The van der Waals surface area contributed by atoms with Gasteiger partial charge in [-0.05, 0) is 41.8 Å². The molecule has 8 nitrogen and oxygen atoms in total. The van der Waals surface area contributed by atoms with Crippen LogP contribution in [0.15, 0.2) is 84.2 Å². The molecule has 0 fully saturated rings. The highest BCUT2D eigenvalue weighted by Gasteiger charge is 2.17. The van der Waals surface area contributed by atoms with Gasteiger partial charge in [0.25, 0.3) is 0 Å². The van der Waals surface area contributed by atoms with E-state index < -0.39 is 0 Å². The highest BCUT2D eigenvalue weighted by molar-refractivity contribution is 7.13. The number of hydrogen-bond donors (Lipinski definition) is 0. The zero-order valence-electron chi connectivity index (χ0n) is 24.5. The summed E-state index contributed by atoms with van der Waals surface area (Å²) >= 11 is 1.69. The van der Waals surface area contributed by atoms with Gasteiger partial charge in [0.2, 0.25) is 0 Å². The lowest BCUT2D eigenvalue weighted by Gasteiger charge is -2.14. The number of thiophene rings is 1. The number of rotatable bonds is 17. The molecule has 9 heteroatoms. The van der Waals surface area contributed by atoms with E-state index in [9.17, 15) is 0 Å². The third-order valence-electron chi connectivity index (χ3n) is 6.55. The summed E-state index contributed by atoms with van der Waals surface area (Å²) in [6, 6.07) is 26.2. The molecule has 0 amide bonds. The van der Waals surface area contributed by atoms with Crippen LogP contribution in [0.4, 0.5) is 0 Å². The molecule has 5 rings (SSSR count). The molecule has 0 radical (unpaired) electrons. The molecule has 0 aliphatic rings. The molecule has 0 aliphatic heterocycles. The number of methoxy groups -OCH3 is 2. The third kappa shape index (κ3) is 8.37. The van der Waals surface area contributed by atoms with Crippen LogP contribution in [0.2, 0.25) is 0 Å². The number of nitrogens with zero attached hydrogens (tertiary/aromatic N) is 2. The van der Waals surface area contributed by atoms with E-state index in [-0.39, 0.29) is 0 Å². The molecule has 3 aromatic carbocycles. The quantitative estimate of drug-likeness (QED) is 0.108. The second-order valence-electron chi connectivity index (χ2n) is 9.53. The molecule has 2 heterocycles. The van der Waals surface area contributed by atoms with E-state index in [0.29, 0.717) is 52.9 Å². The second-order valence-corrected chi connectivity index (χ2v) is 10.5. The van der Waals surface area contributed by atoms with Gasteiger partial charge < -0.3 is 28.4 Å². The molecule has 0 spiro atoms. The Labute approximate surface area is 256 Å². The van der Waals surface area contributed by atoms with E-state index in [2.05, 4.69) is 23.6 Å². The Bertz CT molecular complexity index is 1580. The summed E-state index contributed by atoms with van der Waals surface area (Å²) in [6.45, 7) is 4.00. The van der Waals surface area contributed by atoms with Crippen LogP contribution in [0, 0.1) is 0 Å². The van der Waals surface area contributed by atoms with Crippen molar-refractivity contribution in [3.05, 3.63) is 84.2 Å². The van der Waals surface area contributed by atoms with Crippen LogP contribution in [-0.4, -0.2) is 77.0 Å². The van der Waals surface area contributed by atoms with Gasteiger partial charge in [-0.3, -0.25) is 0 Å². The van der Waals surface area contributed by atoms with Crippen LogP contribution >= 0.6 is 11.3 Å². The van der Waals surface area contributed by atoms with E-state index in [1.165, 1.54) is 0 Å². The third-order valence-corrected chi connectivity index (χ3v) is 7.46. The Kier molecular flexibility index (Phi) is 11.5. The standard InChI is InChI=1S/C34H36N2O6S/c1-37-14-16-39-18-20-41-27-9-3-7-25(23-27)32-33(26-8-4-10-28(24-26)42-21-19-40-17-15-38-2)36-34-29(31-13-6-22-43-31)11-5-12-30(34)35-32/h3-13,22-24H,14-21H2,1-2H3. The van der Waals surface area contributed by atoms with Gasteiger partial charge in [-0.15, -0.1) is 11.3 Å². The minimum Gasteiger partial charge on any atom is -0.491 e. The number of ether oxygens (including phenoxy) is 6. The molecule has 224 valence electrons. The molecule has 0 bridgehead atoms. The minimum atomic E-state index is 0.431. The Balaban J connectivity index is 1.48. The van der Waals surface area contributed by atoms with Crippen molar-refractivity contribution < 1.29 is 28.4 Å². The zero-order valence-corrected chi connectivity index (χ0v) is 25.3. The lowest BCUT2D eigenvalue weighted by molar-refractivity contribution is 0.0544. The normalized spacial score (nSPS) is 11.2. The van der Waals surface area contributed by atoms with Crippen molar-refractivity contribution in [2.24, 2.45) is 0 Å². The van der Waals surface area contributed by atoms with Gasteiger partial charge in [-0.1, -0.05) is 42.5 Å². The largest absolute Gasteiger partial charge is 0.491 e. The topological polar surface area (TPSA) is 81.2 Å². The molecule has 43 heavy (non-hydrogen) atoms. The second kappa shape index (κ2) is 16.1. The molecule has 0 unspecified atom stereocenters. The molecule has 0 N–H and O–H groups in total. The summed E-state index contributed by atoms with van der Waals surface area (Å²) in [5.74, 6) is 1.47. The van der Waals surface area contributed by atoms with Gasteiger partial charge in [0.05, 0.1) is 62.1 Å². The predicted octanol–water partition coefficient (Wildman–Crippen LogP) is 6.78. The minimum absolute atomic E-state index is 0.431. The maximum atomic E-state index is 6.01. The molecule has 0 saturated heterocycles. The van der Waals surface area contributed by atoms with E-state index in [1.54, 1.807) is 25.6 Å². The van der Waals surface area contributed by atoms with Crippen molar-refractivity contribution >= 4 is 22.4 Å². The van der Waals surface area contributed by atoms with Crippen LogP contribution in [0.3, 0.4) is 0 Å². The summed E-state index contributed by atoms with van der Waals surface area (Å²) in [5, 5.41) is 2.07. The highest BCUT2D eigenvalue weighted by Crippen LogP contribution is 2.37. The fourth-order valence-corrected chi connectivity index (χ4v) is 5.25. The van der Waals surface area contributed by atoms with Crippen LogP contribution in [0.25, 0.3) is 44.0 Å². The Morgan fingerprint density at radius 2 is 1.16 bits per heavy atom. The first-order chi connectivity index (χ1) is 21.3. The van der Waals surface area contributed by atoms with Gasteiger partial charge in [0.15, 0.2) is 0 Å². The Morgan fingerprint density at radius 1 is 0.581 bits per heavy atom. The van der Waals surface area contributed by atoms with Crippen molar-refractivity contribution in [3.63, 3.8) is 0 Å². The zero-order chi connectivity index (χ0) is 29.7.